The molecular weight excluding hydrogens is 301 g/mol. The van der Waals surface area contributed by atoms with Gasteiger partial charge in [-0.05, 0) is 43.3 Å². The molecular formula is C17H16FNO2S. The van der Waals surface area contributed by atoms with Crippen LogP contribution >= 0.6 is 11.8 Å². The lowest BCUT2D eigenvalue weighted by Crippen LogP contribution is -2.08. The first kappa shape index (κ1) is 16.1. The SMILES string of the molecule is COc1ccc(NC(=O)C=C(F)Sc2ccc(C)cc2)cc1. The first-order chi connectivity index (χ1) is 10.6. The average Bonchev–Trinajstić information content (AvgIpc) is 2.50. The van der Waals surface area contributed by atoms with E-state index < -0.39 is 11.1 Å². The summed E-state index contributed by atoms with van der Waals surface area (Å²) in [7, 11) is 1.56. The Morgan fingerprint density at radius 2 is 1.77 bits per heavy atom. The maximum atomic E-state index is 13.8. The van der Waals surface area contributed by atoms with Crippen molar-refractivity contribution in [3.63, 3.8) is 0 Å². The van der Waals surface area contributed by atoms with Gasteiger partial charge in [0.1, 0.15) is 5.75 Å². The Kier molecular flexibility index (Phi) is 5.61. The minimum atomic E-state index is -0.560. The Balaban J connectivity index is 1.95. The Morgan fingerprint density at radius 1 is 1.14 bits per heavy atom. The summed E-state index contributed by atoms with van der Waals surface area (Å²) in [6.07, 6.45) is 0.939. The summed E-state index contributed by atoms with van der Waals surface area (Å²) in [5.41, 5.74) is 1.68. The lowest BCUT2D eigenvalue weighted by Gasteiger charge is -2.04. The molecule has 114 valence electrons. The number of hydrogen-bond donors (Lipinski definition) is 1. The highest BCUT2D eigenvalue weighted by Crippen LogP contribution is 2.27. The van der Waals surface area contributed by atoms with Gasteiger partial charge in [0.25, 0.3) is 5.91 Å². The Morgan fingerprint density at radius 3 is 2.36 bits per heavy atom. The van der Waals surface area contributed by atoms with Crippen molar-refractivity contribution in [2.75, 3.05) is 12.4 Å². The molecule has 0 saturated heterocycles. The van der Waals surface area contributed by atoms with Crippen LogP contribution in [0.5, 0.6) is 5.75 Å². The molecule has 1 N–H and O–H groups in total. The van der Waals surface area contributed by atoms with Crippen LogP contribution in [0.25, 0.3) is 0 Å². The first-order valence-corrected chi connectivity index (χ1v) is 7.45. The normalized spacial score (nSPS) is 11.1. The van der Waals surface area contributed by atoms with Gasteiger partial charge in [0.05, 0.1) is 7.11 Å². The summed E-state index contributed by atoms with van der Waals surface area (Å²) in [6.45, 7) is 1.96. The van der Waals surface area contributed by atoms with Crippen molar-refractivity contribution < 1.29 is 13.9 Å². The molecule has 0 radical (unpaired) electrons. The highest BCUT2D eigenvalue weighted by Gasteiger charge is 2.05. The summed E-state index contributed by atoms with van der Waals surface area (Å²) in [5.74, 6) is 0.178. The second-order valence-corrected chi connectivity index (χ2v) is 5.65. The molecule has 0 aliphatic rings. The molecule has 0 fully saturated rings. The van der Waals surface area contributed by atoms with Gasteiger partial charge in [-0.25, -0.2) is 0 Å². The third kappa shape index (κ3) is 4.93. The van der Waals surface area contributed by atoms with Crippen molar-refractivity contribution in [1.29, 1.82) is 0 Å². The van der Waals surface area contributed by atoms with Gasteiger partial charge in [-0.2, -0.15) is 4.39 Å². The molecule has 22 heavy (non-hydrogen) atoms. The summed E-state index contributed by atoms with van der Waals surface area (Å²) in [5, 5.41) is 2.03. The molecule has 5 heteroatoms. The quantitative estimate of drug-likeness (QED) is 0.649. The molecule has 2 aromatic carbocycles. The van der Waals surface area contributed by atoms with Crippen LogP contribution in [-0.4, -0.2) is 13.0 Å². The van der Waals surface area contributed by atoms with Gasteiger partial charge in [0.15, 0.2) is 5.16 Å². The van der Waals surface area contributed by atoms with E-state index in [-0.39, 0.29) is 0 Å². The number of thioether (sulfide) groups is 1. The zero-order valence-corrected chi connectivity index (χ0v) is 13.1. The summed E-state index contributed by atoms with van der Waals surface area (Å²) in [4.78, 5) is 12.5. The van der Waals surface area contributed by atoms with Crippen LogP contribution in [0.2, 0.25) is 0 Å². The number of rotatable bonds is 5. The zero-order chi connectivity index (χ0) is 15.9. The maximum Gasteiger partial charge on any atom is 0.251 e. The second kappa shape index (κ2) is 7.66. The van der Waals surface area contributed by atoms with E-state index in [1.165, 1.54) is 0 Å². The highest BCUT2D eigenvalue weighted by molar-refractivity contribution is 8.02. The molecule has 0 bridgehead atoms. The van der Waals surface area contributed by atoms with Crippen LogP contribution in [0.3, 0.4) is 0 Å². The number of amides is 1. The minimum absolute atomic E-state index is 0.512. The van der Waals surface area contributed by atoms with E-state index in [1.807, 2.05) is 31.2 Å². The van der Waals surface area contributed by atoms with Crippen LogP contribution in [0.15, 0.2) is 64.7 Å². The molecule has 0 spiro atoms. The number of carbonyl (C=O) groups excluding carboxylic acids is 1. The largest absolute Gasteiger partial charge is 0.497 e. The van der Waals surface area contributed by atoms with E-state index in [4.69, 9.17) is 4.74 Å². The molecule has 0 saturated carbocycles. The minimum Gasteiger partial charge on any atom is -0.497 e. The molecule has 0 aliphatic heterocycles. The molecule has 2 aromatic rings. The van der Waals surface area contributed by atoms with E-state index >= 15 is 0 Å². The van der Waals surface area contributed by atoms with Gasteiger partial charge in [-0.15, -0.1) is 0 Å². The van der Waals surface area contributed by atoms with Gasteiger partial charge in [-0.3, -0.25) is 4.79 Å². The number of ether oxygens (including phenoxy) is 1. The van der Waals surface area contributed by atoms with Crippen LogP contribution in [0.1, 0.15) is 5.56 Å². The van der Waals surface area contributed by atoms with Crippen molar-refractivity contribution in [2.24, 2.45) is 0 Å². The summed E-state index contributed by atoms with van der Waals surface area (Å²) in [6, 6.07) is 14.2. The molecule has 0 unspecified atom stereocenters. The van der Waals surface area contributed by atoms with Gasteiger partial charge in [0, 0.05) is 16.7 Å². The molecule has 0 atom stereocenters. The number of benzene rings is 2. The summed E-state index contributed by atoms with van der Waals surface area (Å²) < 4.78 is 18.8. The zero-order valence-electron chi connectivity index (χ0n) is 12.3. The Labute approximate surface area is 133 Å². The standard InChI is InChI=1S/C17H16FNO2S/c1-12-3-9-15(10-4-12)22-16(18)11-17(20)19-13-5-7-14(21-2)8-6-13/h3-11H,1-2H3,(H,19,20). The van der Waals surface area contributed by atoms with Gasteiger partial charge >= 0.3 is 0 Å². The van der Waals surface area contributed by atoms with Crippen LogP contribution in [0, 0.1) is 6.92 Å². The van der Waals surface area contributed by atoms with E-state index in [0.29, 0.717) is 11.4 Å². The van der Waals surface area contributed by atoms with Gasteiger partial charge in [0.2, 0.25) is 0 Å². The summed E-state index contributed by atoms with van der Waals surface area (Å²) >= 11 is 0.911. The van der Waals surface area contributed by atoms with Crippen molar-refractivity contribution >= 4 is 23.4 Å². The number of nitrogens with one attached hydrogen (secondary N) is 1. The number of methoxy groups -OCH3 is 1. The fourth-order valence-electron chi connectivity index (χ4n) is 1.70. The second-order valence-electron chi connectivity index (χ2n) is 4.58. The number of carbonyl (C=O) groups is 1. The number of hydrogen-bond acceptors (Lipinski definition) is 3. The van der Waals surface area contributed by atoms with Gasteiger partial charge < -0.3 is 10.1 Å². The highest BCUT2D eigenvalue weighted by atomic mass is 32.2. The fraction of sp³-hybridized carbons (Fsp3) is 0.118. The Hall–Kier alpha value is -2.27. The van der Waals surface area contributed by atoms with E-state index in [1.54, 1.807) is 31.4 Å². The smallest absolute Gasteiger partial charge is 0.251 e. The molecule has 1 amide bonds. The predicted octanol–water partition coefficient (Wildman–Crippen LogP) is 4.55. The average molecular weight is 317 g/mol. The first-order valence-electron chi connectivity index (χ1n) is 6.63. The van der Waals surface area contributed by atoms with Crippen molar-refractivity contribution in [3.05, 3.63) is 65.3 Å². The molecule has 0 heterocycles. The van der Waals surface area contributed by atoms with Crippen molar-refractivity contribution in [2.45, 2.75) is 11.8 Å². The van der Waals surface area contributed by atoms with Crippen molar-refractivity contribution in [1.82, 2.24) is 0 Å². The van der Waals surface area contributed by atoms with Crippen LogP contribution in [-0.2, 0) is 4.79 Å². The molecule has 0 aromatic heterocycles. The van der Waals surface area contributed by atoms with Gasteiger partial charge in [-0.1, -0.05) is 29.5 Å². The lowest BCUT2D eigenvalue weighted by molar-refractivity contribution is -0.112. The third-order valence-corrected chi connectivity index (χ3v) is 3.66. The van der Waals surface area contributed by atoms with E-state index in [9.17, 15) is 9.18 Å². The molecule has 2 rings (SSSR count). The van der Waals surface area contributed by atoms with E-state index in [2.05, 4.69) is 5.32 Å². The van der Waals surface area contributed by atoms with E-state index in [0.717, 1.165) is 28.3 Å². The monoisotopic (exact) mass is 317 g/mol. The maximum absolute atomic E-state index is 13.8. The fourth-order valence-corrected chi connectivity index (χ4v) is 2.37. The number of anilines is 1. The predicted molar refractivity (Wildman–Crippen MR) is 87.9 cm³/mol. The third-order valence-electron chi connectivity index (χ3n) is 2.84. The lowest BCUT2D eigenvalue weighted by atomic mass is 10.2. The Bertz CT molecular complexity index is 666. The topological polar surface area (TPSA) is 38.3 Å². The van der Waals surface area contributed by atoms with Crippen LogP contribution in [0.4, 0.5) is 10.1 Å². The molecule has 0 aliphatic carbocycles. The number of halogens is 1. The van der Waals surface area contributed by atoms with Crippen molar-refractivity contribution in [3.8, 4) is 5.75 Å². The van der Waals surface area contributed by atoms with Crippen LogP contribution < -0.4 is 10.1 Å². The molecule has 3 nitrogen and oxygen atoms in total. The number of aryl methyl sites for hydroxylation is 1.